The van der Waals surface area contributed by atoms with Crippen LogP contribution >= 0.6 is 0 Å². The van der Waals surface area contributed by atoms with Crippen molar-refractivity contribution in [3.63, 3.8) is 0 Å². The van der Waals surface area contributed by atoms with E-state index in [0.717, 1.165) is 0 Å². The lowest BCUT2D eigenvalue weighted by molar-refractivity contribution is 0.0493. The molecule has 0 aromatic rings. The molecule has 0 N–H and O–H groups in total. The van der Waals surface area contributed by atoms with Gasteiger partial charge < -0.3 is 0 Å². The molecular weight excluding hydrogens is 212 g/mol. The minimum Gasteiger partial charge on any atom is -0.293 e. The second-order valence-electron chi connectivity index (χ2n) is 4.82. The van der Waals surface area contributed by atoms with Gasteiger partial charge in [0.15, 0.2) is 0 Å². The highest BCUT2D eigenvalue weighted by Gasteiger charge is 2.34. The molecule has 1 rings (SSSR count). The SMILES string of the molecule is CC(C)N1[C@H](C)CN(S(C)(=O)=O)C[C@@H]1C. The molecule has 0 unspecified atom stereocenters. The molecule has 1 aliphatic rings. The number of nitrogens with zero attached hydrogens (tertiary/aromatic N) is 2. The third kappa shape index (κ3) is 2.92. The van der Waals surface area contributed by atoms with Gasteiger partial charge in [-0.1, -0.05) is 0 Å². The number of piperazine rings is 1. The fourth-order valence-electron chi connectivity index (χ4n) is 2.58. The largest absolute Gasteiger partial charge is 0.293 e. The van der Waals surface area contributed by atoms with Gasteiger partial charge in [-0.25, -0.2) is 8.42 Å². The van der Waals surface area contributed by atoms with E-state index in [2.05, 4.69) is 32.6 Å². The quantitative estimate of drug-likeness (QED) is 0.708. The summed E-state index contributed by atoms with van der Waals surface area (Å²) in [7, 11) is -3.03. The van der Waals surface area contributed by atoms with E-state index in [1.54, 1.807) is 4.31 Å². The Bertz CT molecular complexity index is 301. The molecule has 1 saturated heterocycles. The van der Waals surface area contributed by atoms with Gasteiger partial charge in [-0.05, 0) is 27.7 Å². The number of hydrogen-bond acceptors (Lipinski definition) is 3. The van der Waals surface area contributed by atoms with Gasteiger partial charge in [0.2, 0.25) is 10.0 Å². The van der Waals surface area contributed by atoms with Gasteiger partial charge in [0.05, 0.1) is 6.26 Å². The summed E-state index contributed by atoms with van der Waals surface area (Å²) < 4.78 is 24.5. The normalized spacial score (nSPS) is 31.1. The van der Waals surface area contributed by atoms with E-state index in [9.17, 15) is 8.42 Å². The van der Waals surface area contributed by atoms with Crippen LogP contribution in [0.4, 0.5) is 0 Å². The van der Waals surface area contributed by atoms with Crippen molar-refractivity contribution in [3.8, 4) is 0 Å². The topological polar surface area (TPSA) is 40.6 Å². The maximum Gasteiger partial charge on any atom is 0.211 e. The average Bonchev–Trinajstić information content (AvgIpc) is 1.99. The highest BCUT2D eigenvalue weighted by Crippen LogP contribution is 2.20. The lowest BCUT2D eigenvalue weighted by Gasteiger charge is -2.45. The van der Waals surface area contributed by atoms with Gasteiger partial charge in [0, 0.05) is 31.2 Å². The Morgan fingerprint density at radius 2 is 1.53 bits per heavy atom. The molecule has 1 heterocycles. The first-order valence-electron chi connectivity index (χ1n) is 5.46. The van der Waals surface area contributed by atoms with Crippen LogP contribution in [0.25, 0.3) is 0 Å². The summed E-state index contributed by atoms with van der Waals surface area (Å²) in [5, 5.41) is 0. The minimum absolute atomic E-state index is 0.295. The van der Waals surface area contributed by atoms with Gasteiger partial charge in [-0.2, -0.15) is 4.31 Å². The Kier molecular flexibility index (Phi) is 3.79. The monoisotopic (exact) mass is 234 g/mol. The van der Waals surface area contributed by atoms with Crippen molar-refractivity contribution >= 4 is 10.0 Å². The molecule has 0 spiro atoms. The average molecular weight is 234 g/mol. The standard InChI is InChI=1S/C10H22N2O2S/c1-8(2)12-9(3)6-11(7-10(12)4)15(5,13)14/h8-10H,6-7H2,1-5H3/t9-,10+. The van der Waals surface area contributed by atoms with E-state index in [-0.39, 0.29) is 0 Å². The summed E-state index contributed by atoms with van der Waals surface area (Å²) >= 11 is 0. The summed E-state index contributed by atoms with van der Waals surface area (Å²) in [6.07, 6.45) is 1.29. The second-order valence-corrected chi connectivity index (χ2v) is 6.80. The van der Waals surface area contributed by atoms with Crippen molar-refractivity contribution in [3.05, 3.63) is 0 Å². The maximum absolute atomic E-state index is 11.5. The molecule has 0 saturated carbocycles. The summed E-state index contributed by atoms with van der Waals surface area (Å²) in [4.78, 5) is 2.38. The fourth-order valence-corrected chi connectivity index (χ4v) is 3.55. The first-order valence-corrected chi connectivity index (χ1v) is 7.31. The van der Waals surface area contributed by atoms with Crippen molar-refractivity contribution in [2.75, 3.05) is 19.3 Å². The Labute approximate surface area is 93.3 Å². The highest BCUT2D eigenvalue weighted by molar-refractivity contribution is 7.88. The maximum atomic E-state index is 11.5. The van der Waals surface area contributed by atoms with Gasteiger partial charge in [-0.15, -0.1) is 0 Å². The van der Waals surface area contributed by atoms with Crippen LogP contribution < -0.4 is 0 Å². The molecule has 0 aliphatic carbocycles. The van der Waals surface area contributed by atoms with Crippen LogP contribution in [0, 0.1) is 0 Å². The Balaban J connectivity index is 2.80. The summed E-state index contributed by atoms with van der Waals surface area (Å²) in [5.74, 6) is 0. The lowest BCUT2D eigenvalue weighted by Crippen LogP contribution is -2.59. The van der Waals surface area contributed by atoms with Crippen LogP contribution in [0.5, 0.6) is 0 Å². The molecule has 4 nitrogen and oxygen atoms in total. The molecule has 0 radical (unpaired) electrons. The van der Waals surface area contributed by atoms with Crippen molar-refractivity contribution < 1.29 is 8.42 Å². The Morgan fingerprint density at radius 3 is 1.80 bits per heavy atom. The van der Waals surface area contributed by atoms with Crippen LogP contribution in [0.15, 0.2) is 0 Å². The summed E-state index contributed by atoms with van der Waals surface area (Å²) in [6.45, 7) is 9.72. The smallest absolute Gasteiger partial charge is 0.211 e. The van der Waals surface area contributed by atoms with Gasteiger partial charge >= 0.3 is 0 Å². The van der Waals surface area contributed by atoms with Crippen LogP contribution in [-0.4, -0.2) is 55.1 Å². The molecule has 5 heteroatoms. The molecule has 15 heavy (non-hydrogen) atoms. The molecule has 1 aliphatic heterocycles. The molecule has 0 aromatic heterocycles. The number of rotatable bonds is 2. The third-order valence-electron chi connectivity index (χ3n) is 3.02. The third-order valence-corrected chi connectivity index (χ3v) is 4.26. The summed E-state index contributed by atoms with van der Waals surface area (Å²) in [6, 6.07) is 1.06. The molecule has 2 atom stereocenters. The first-order chi connectivity index (χ1) is 6.73. The zero-order valence-corrected chi connectivity index (χ0v) is 11.1. The number of hydrogen-bond donors (Lipinski definition) is 0. The molecule has 0 bridgehead atoms. The van der Waals surface area contributed by atoms with E-state index in [4.69, 9.17) is 0 Å². The second kappa shape index (κ2) is 4.39. The van der Waals surface area contributed by atoms with Crippen molar-refractivity contribution in [1.29, 1.82) is 0 Å². The van der Waals surface area contributed by atoms with Crippen molar-refractivity contribution in [2.45, 2.75) is 45.8 Å². The van der Waals surface area contributed by atoms with E-state index < -0.39 is 10.0 Å². The van der Waals surface area contributed by atoms with E-state index in [1.165, 1.54) is 6.26 Å². The van der Waals surface area contributed by atoms with E-state index in [0.29, 0.717) is 31.2 Å². The molecule has 1 fully saturated rings. The minimum atomic E-state index is -3.03. The molecule has 90 valence electrons. The fraction of sp³-hybridized carbons (Fsp3) is 1.00. The first kappa shape index (κ1) is 12.9. The predicted octanol–water partition coefficient (Wildman–Crippen LogP) is 0.749. The van der Waals surface area contributed by atoms with Crippen LogP contribution in [0.3, 0.4) is 0 Å². The van der Waals surface area contributed by atoms with Crippen molar-refractivity contribution in [1.82, 2.24) is 9.21 Å². The van der Waals surface area contributed by atoms with Crippen LogP contribution in [-0.2, 0) is 10.0 Å². The van der Waals surface area contributed by atoms with E-state index in [1.807, 2.05) is 0 Å². The van der Waals surface area contributed by atoms with Crippen LogP contribution in [0.2, 0.25) is 0 Å². The van der Waals surface area contributed by atoms with Gasteiger partial charge in [0.1, 0.15) is 0 Å². The summed E-state index contributed by atoms with van der Waals surface area (Å²) in [5.41, 5.74) is 0. The Morgan fingerprint density at radius 1 is 1.13 bits per heavy atom. The van der Waals surface area contributed by atoms with Crippen LogP contribution in [0.1, 0.15) is 27.7 Å². The Hall–Kier alpha value is -0.130. The lowest BCUT2D eigenvalue weighted by atomic mass is 10.1. The van der Waals surface area contributed by atoms with E-state index >= 15 is 0 Å². The molecule has 0 aromatic carbocycles. The van der Waals surface area contributed by atoms with Gasteiger partial charge in [0.25, 0.3) is 0 Å². The zero-order valence-electron chi connectivity index (χ0n) is 10.3. The predicted molar refractivity (Wildman–Crippen MR) is 62.3 cm³/mol. The van der Waals surface area contributed by atoms with Crippen molar-refractivity contribution in [2.24, 2.45) is 0 Å². The van der Waals surface area contributed by atoms with Gasteiger partial charge in [-0.3, -0.25) is 4.90 Å². The highest BCUT2D eigenvalue weighted by atomic mass is 32.2. The molecular formula is C10H22N2O2S. The molecule has 0 amide bonds. The number of sulfonamides is 1. The zero-order chi connectivity index (χ0) is 11.8.